The molecule has 0 aromatic heterocycles. The zero-order valence-corrected chi connectivity index (χ0v) is 13.1. The van der Waals surface area contributed by atoms with Gasteiger partial charge in [0.2, 0.25) is 5.91 Å². The van der Waals surface area contributed by atoms with Crippen LogP contribution >= 0.6 is 0 Å². The third-order valence-electron chi connectivity index (χ3n) is 3.93. The smallest absolute Gasteiger partial charge is 0.329 e. The molecule has 0 bridgehead atoms. The zero-order chi connectivity index (χ0) is 16.2. The summed E-state index contributed by atoms with van der Waals surface area (Å²) in [5.74, 6) is -0.544. The van der Waals surface area contributed by atoms with Crippen molar-refractivity contribution in [1.82, 2.24) is 5.32 Å². The number of benzene rings is 1. The molecule has 22 heavy (non-hydrogen) atoms. The van der Waals surface area contributed by atoms with Crippen molar-refractivity contribution in [3.05, 3.63) is 29.8 Å². The van der Waals surface area contributed by atoms with E-state index in [1.54, 1.807) is 0 Å². The van der Waals surface area contributed by atoms with Crippen LogP contribution in [0.1, 0.15) is 45.1 Å². The first-order chi connectivity index (χ1) is 10.4. The van der Waals surface area contributed by atoms with E-state index in [1.807, 2.05) is 38.1 Å². The summed E-state index contributed by atoms with van der Waals surface area (Å²) >= 11 is 0. The normalized spacial score (nSPS) is 16.5. The Bertz CT molecular complexity index is 547. The van der Waals surface area contributed by atoms with Crippen molar-refractivity contribution in [2.24, 2.45) is 0 Å². The van der Waals surface area contributed by atoms with Crippen LogP contribution in [0.15, 0.2) is 24.3 Å². The molecule has 0 heterocycles. The largest absolute Gasteiger partial charge is 0.491 e. The molecule has 1 aliphatic rings. The monoisotopic (exact) mass is 305 g/mol. The van der Waals surface area contributed by atoms with Gasteiger partial charge in [-0.25, -0.2) is 4.79 Å². The molecule has 0 aliphatic heterocycles. The van der Waals surface area contributed by atoms with Gasteiger partial charge in [-0.1, -0.05) is 31.0 Å². The number of hydrogen-bond acceptors (Lipinski definition) is 3. The molecule has 0 radical (unpaired) electrons. The molecule has 2 rings (SSSR count). The van der Waals surface area contributed by atoms with Gasteiger partial charge in [0.15, 0.2) is 0 Å². The summed E-state index contributed by atoms with van der Waals surface area (Å²) in [5, 5.41) is 12.1. The van der Waals surface area contributed by atoms with Crippen LogP contribution in [0, 0.1) is 0 Å². The topological polar surface area (TPSA) is 75.6 Å². The Morgan fingerprint density at radius 2 is 1.91 bits per heavy atom. The average Bonchev–Trinajstić information content (AvgIpc) is 2.90. The minimum atomic E-state index is -1.09. The summed E-state index contributed by atoms with van der Waals surface area (Å²) in [6, 6.07) is 7.36. The Balaban J connectivity index is 2.07. The van der Waals surface area contributed by atoms with Gasteiger partial charge < -0.3 is 15.2 Å². The SMILES string of the molecule is CC(C)Oc1ccccc1CC(=O)NC1(C(=O)O)CCCC1. The minimum absolute atomic E-state index is 0.0180. The first-order valence-electron chi connectivity index (χ1n) is 7.72. The van der Waals surface area contributed by atoms with Crippen LogP contribution in [0.3, 0.4) is 0 Å². The van der Waals surface area contributed by atoms with Gasteiger partial charge in [0.1, 0.15) is 11.3 Å². The molecule has 1 saturated carbocycles. The Morgan fingerprint density at radius 3 is 2.50 bits per heavy atom. The van der Waals surface area contributed by atoms with E-state index in [4.69, 9.17) is 4.74 Å². The maximum Gasteiger partial charge on any atom is 0.329 e. The predicted octanol–water partition coefficient (Wildman–Crippen LogP) is 2.53. The lowest BCUT2D eigenvalue weighted by molar-refractivity contribution is -0.147. The van der Waals surface area contributed by atoms with Crippen LogP contribution in [0.25, 0.3) is 0 Å². The predicted molar refractivity (Wildman–Crippen MR) is 82.9 cm³/mol. The number of amides is 1. The van der Waals surface area contributed by atoms with Crippen LogP contribution in [-0.2, 0) is 16.0 Å². The van der Waals surface area contributed by atoms with Crippen LogP contribution in [0.2, 0.25) is 0 Å². The third-order valence-corrected chi connectivity index (χ3v) is 3.93. The van der Waals surface area contributed by atoms with E-state index >= 15 is 0 Å². The van der Waals surface area contributed by atoms with E-state index in [2.05, 4.69) is 5.32 Å². The quantitative estimate of drug-likeness (QED) is 0.847. The van der Waals surface area contributed by atoms with Crippen molar-refractivity contribution < 1.29 is 19.4 Å². The number of carboxylic acid groups (broad SMARTS) is 1. The van der Waals surface area contributed by atoms with Crippen molar-refractivity contribution >= 4 is 11.9 Å². The molecule has 0 unspecified atom stereocenters. The van der Waals surface area contributed by atoms with Crippen molar-refractivity contribution in [3.63, 3.8) is 0 Å². The Morgan fingerprint density at radius 1 is 1.27 bits per heavy atom. The maximum atomic E-state index is 12.3. The number of rotatable bonds is 6. The van der Waals surface area contributed by atoms with E-state index in [-0.39, 0.29) is 18.4 Å². The summed E-state index contributed by atoms with van der Waals surface area (Å²) in [7, 11) is 0. The average molecular weight is 305 g/mol. The summed E-state index contributed by atoms with van der Waals surface area (Å²) in [6.07, 6.45) is 2.80. The highest BCUT2D eigenvalue weighted by Gasteiger charge is 2.42. The molecule has 0 saturated heterocycles. The van der Waals surface area contributed by atoms with Gasteiger partial charge in [0, 0.05) is 5.56 Å². The Hall–Kier alpha value is -2.04. The Kier molecular flexibility index (Phi) is 5.06. The fourth-order valence-electron chi connectivity index (χ4n) is 2.87. The highest BCUT2D eigenvalue weighted by Crippen LogP contribution is 2.30. The standard InChI is InChI=1S/C17H23NO4/c1-12(2)22-14-8-4-3-7-13(14)11-15(19)18-17(16(20)21)9-5-6-10-17/h3-4,7-8,12H,5-6,9-11H2,1-2H3,(H,18,19)(H,20,21). The molecule has 1 aromatic carbocycles. The lowest BCUT2D eigenvalue weighted by Gasteiger charge is -2.25. The second kappa shape index (κ2) is 6.81. The molecule has 120 valence electrons. The number of ether oxygens (including phenoxy) is 1. The third kappa shape index (κ3) is 3.78. The number of aliphatic carboxylic acids is 1. The molecule has 1 amide bonds. The maximum absolute atomic E-state index is 12.3. The minimum Gasteiger partial charge on any atom is -0.491 e. The molecule has 1 aromatic rings. The number of carboxylic acids is 1. The van der Waals surface area contributed by atoms with Crippen molar-refractivity contribution in [1.29, 1.82) is 0 Å². The van der Waals surface area contributed by atoms with Crippen LogP contribution in [0.4, 0.5) is 0 Å². The highest BCUT2D eigenvalue weighted by atomic mass is 16.5. The van der Waals surface area contributed by atoms with E-state index < -0.39 is 11.5 Å². The lowest BCUT2D eigenvalue weighted by Crippen LogP contribution is -2.52. The molecule has 1 aliphatic carbocycles. The summed E-state index contributed by atoms with van der Waals surface area (Å²) in [5.41, 5.74) is -0.322. The van der Waals surface area contributed by atoms with E-state index in [0.29, 0.717) is 18.6 Å². The molecule has 5 nitrogen and oxygen atoms in total. The molecule has 0 atom stereocenters. The Labute approximate surface area is 130 Å². The van der Waals surface area contributed by atoms with Gasteiger partial charge in [-0.3, -0.25) is 4.79 Å². The zero-order valence-electron chi connectivity index (χ0n) is 13.1. The van der Waals surface area contributed by atoms with Gasteiger partial charge in [-0.2, -0.15) is 0 Å². The second-order valence-electron chi connectivity index (χ2n) is 6.09. The molecule has 0 spiro atoms. The van der Waals surface area contributed by atoms with Gasteiger partial charge >= 0.3 is 5.97 Å². The second-order valence-corrected chi connectivity index (χ2v) is 6.09. The summed E-state index contributed by atoms with van der Waals surface area (Å²) in [6.45, 7) is 3.85. The van der Waals surface area contributed by atoms with Gasteiger partial charge in [-0.05, 0) is 32.8 Å². The van der Waals surface area contributed by atoms with Gasteiger partial charge in [-0.15, -0.1) is 0 Å². The number of hydrogen-bond donors (Lipinski definition) is 2. The number of nitrogens with one attached hydrogen (secondary N) is 1. The fraction of sp³-hybridized carbons (Fsp3) is 0.529. The molecular weight excluding hydrogens is 282 g/mol. The van der Waals surface area contributed by atoms with Crippen LogP contribution < -0.4 is 10.1 Å². The first-order valence-corrected chi connectivity index (χ1v) is 7.72. The first kappa shape index (κ1) is 16.3. The van der Waals surface area contributed by atoms with E-state index in [1.165, 1.54) is 0 Å². The molecule has 1 fully saturated rings. The van der Waals surface area contributed by atoms with Crippen molar-refractivity contribution in [3.8, 4) is 5.75 Å². The van der Waals surface area contributed by atoms with Gasteiger partial charge in [0.05, 0.1) is 12.5 Å². The van der Waals surface area contributed by atoms with Gasteiger partial charge in [0.25, 0.3) is 0 Å². The summed E-state index contributed by atoms with van der Waals surface area (Å²) < 4.78 is 5.69. The molecule has 2 N–H and O–H groups in total. The van der Waals surface area contributed by atoms with Crippen molar-refractivity contribution in [2.75, 3.05) is 0 Å². The number of carbonyl (C=O) groups excluding carboxylic acids is 1. The number of para-hydroxylation sites is 1. The molecular formula is C17H23NO4. The summed E-state index contributed by atoms with van der Waals surface area (Å²) in [4.78, 5) is 23.8. The lowest BCUT2D eigenvalue weighted by atomic mass is 9.97. The molecule has 5 heteroatoms. The van der Waals surface area contributed by atoms with Crippen LogP contribution in [0.5, 0.6) is 5.75 Å². The highest BCUT2D eigenvalue weighted by molar-refractivity contribution is 5.88. The van der Waals surface area contributed by atoms with E-state index in [0.717, 1.165) is 18.4 Å². The van der Waals surface area contributed by atoms with Crippen LogP contribution in [-0.4, -0.2) is 28.6 Å². The number of carbonyl (C=O) groups is 2. The van der Waals surface area contributed by atoms with Crippen molar-refractivity contribution in [2.45, 2.75) is 57.6 Å². The fourth-order valence-corrected chi connectivity index (χ4v) is 2.87. The van der Waals surface area contributed by atoms with E-state index in [9.17, 15) is 14.7 Å².